The number of hydrogen-bond acceptors (Lipinski definition) is 1. The van der Waals surface area contributed by atoms with Gasteiger partial charge < -0.3 is 4.48 Å². The van der Waals surface area contributed by atoms with E-state index in [9.17, 15) is 0 Å². The van der Waals surface area contributed by atoms with E-state index in [0.29, 0.717) is 0 Å². The van der Waals surface area contributed by atoms with Gasteiger partial charge in [-0.1, -0.05) is 6.92 Å². The van der Waals surface area contributed by atoms with Crippen LogP contribution >= 0.6 is 0 Å². The Balaban J connectivity index is 1.80. The largest absolute Gasteiger partial charge is 0.324 e. The zero-order valence-corrected chi connectivity index (χ0v) is 11.4. The van der Waals surface area contributed by atoms with Crippen LogP contribution in [0.2, 0.25) is 0 Å². The van der Waals surface area contributed by atoms with Gasteiger partial charge in [0.15, 0.2) is 0 Å². The normalized spacial score (nSPS) is 36.2. The van der Waals surface area contributed by atoms with Gasteiger partial charge in [0.25, 0.3) is 0 Å². The quantitative estimate of drug-likeness (QED) is 0.652. The first kappa shape index (κ1) is 12.4. The van der Waals surface area contributed by atoms with Crippen LogP contribution < -0.4 is 0 Å². The average Bonchev–Trinajstić information content (AvgIpc) is 2.32. The van der Waals surface area contributed by atoms with Crippen LogP contribution in [0.15, 0.2) is 0 Å². The fourth-order valence-corrected chi connectivity index (χ4v) is 3.25. The van der Waals surface area contributed by atoms with Crippen LogP contribution in [0, 0.1) is 5.92 Å². The molecule has 0 unspecified atom stereocenters. The molecule has 0 aromatic heterocycles. The van der Waals surface area contributed by atoms with E-state index in [1.807, 2.05) is 0 Å². The third-order valence-electron chi connectivity index (χ3n) is 5.12. The van der Waals surface area contributed by atoms with Gasteiger partial charge in [-0.25, -0.2) is 0 Å². The number of likely N-dealkylation sites (N-methyl/N-ethyl adjacent to an activating group) is 1. The lowest BCUT2D eigenvalue weighted by Gasteiger charge is -2.45. The molecule has 1 aliphatic heterocycles. The molecule has 0 aromatic carbocycles. The topological polar surface area (TPSA) is 3.24 Å². The van der Waals surface area contributed by atoms with Crippen molar-refractivity contribution in [2.24, 2.45) is 5.92 Å². The minimum Gasteiger partial charge on any atom is -0.324 e. The van der Waals surface area contributed by atoms with E-state index < -0.39 is 0 Å². The Morgan fingerprint density at radius 2 is 1.62 bits per heavy atom. The summed E-state index contributed by atoms with van der Waals surface area (Å²) in [4.78, 5) is 2.78. The van der Waals surface area contributed by atoms with Crippen molar-refractivity contribution in [3.63, 3.8) is 0 Å². The van der Waals surface area contributed by atoms with Crippen molar-refractivity contribution < 1.29 is 4.48 Å². The van der Waals surface area contributed by atoms with E-state index in [0.717, 1.165) is 12.0 Å². The van der Waals surface area contributed by atoms with Crippen molar-refractivity contribution >= 4 is 0 Å². The summed E-state index contributed by atoms with van der Waals surface area (Å²) in [6, 6.07) is 0.918. The number of nitrogens with zero attached hydrogens (tertiary/aromatic N) is 2. The summed E-state index contributed by atoms with van der Waals surface area (Å²) in [5.41, 5.74) is 0. The van der Waals surface area contributed by atoms with E-state index in [-0.39, 0.29) is 0 Å². The lowest BCUT2D eigenvalue weighted by Crippen LogP contribution is -2.59. The summed E-state index contributed by atoms with van der Waals surface area (Å²) in [5.74, 6) is 0.984. The van der Waals surface area contributed by atoms with Gasteiger partial charge in [0, 0.05) is 19.1 Å². The molecule has 0 radical (unpaired) electrons. The monoisotopic (exact) mass is 225 g/mol. The fourth-order valence-electron chi connectivity index (χ4n) is 3.25. The van der Waals surface area contributed by atoms with Gasteiger partial charge in [0.1, 0.15) is 0 Å². The van der Waals surface area contributed by atoms with Crippen molar-refractivity contribution in [2.75, 3.05) is 39.8 Å². The predicted molar refractivity (Wildman–Crippen MR) is 69.5 cm³/mol. The van der Waals surface area contributed by atoms with Gasteiger partial charge in [-0.2, -0.15) is 0 Å². The van der Waals surface area contributed by atoms with E-state index in [2.05, 4.69) is 25.8 Å². The smallest absolute Gasteiger partial charge is 0.0914 e. The minimum atomic E-state index is 0.918. The molecule has 0 atom stereocenters. The Hall–Kier alpha value is -0.0800. The molecule has 0 bridgehead atoms. The molecule has 1 saturated carbocycles. The first-order chi connectivity index (χ1) is 7.63. The van der Waals surface area contributed by atoms with Gasteiger partial charge in [-0.15, -0.1) is 0 Å². The summed E-state index contributed by atoms with van der Waals surface area (Å²) < 4.78 is 1.29. The molecule has 2 fully saturated rings. The van der Waals surface area contributed by atoms with Crippen molar-refractivity contribution in [1.82, 2.24) is 4.90 Å². The SMILES string of the molecule is CC[N+]1(C)CCN(C2CCC(C)CC2)CC1. The van der Waals surface area contributed by atoms with Crippen LogP contribution in [0.4, 0.5) is 0 Å². The summed E-state index contributed by atoms with van der Waals surface area (Å²) in [5, 5.41) is 0. The Kier molecular flexibility index (Phi) is 3.91. The van der Waals surface area contributed by atoms with Gasteiger partial charge in [-0.05, 0) is 38.5 Å². The highest BCUT2D eigenvalue weighted by Gasteiger charge is 2.31. The van der Waals surface area contributed by atoms with Gasteiger partial charge in [0.05, 0.1) is 26.7 Å². The molecule has 1 saturated heterocycles. The highest BCUT2D eigenvalue weighted by molar-refractivity contribution is 4.79. The predicted octanol–water partition coefficient (Wildman–Crippen LogP) is 2.35. The number of hydrogen-bond donors (Lipinski definition) is 0. The van der Waals surface area contributed by atoms with E-state index in [4.69, 9.17) is 0 Å². The van der Waals surface area contributed by atoms with Crippen LogP contribution in [-0.4, -0.2) is 55.2 Å². The third-order valence-corrected chi connectivity index (χ3v) is 5.12. The zero-order chi connectivity index (χ0) is 11.6. The minimum absolute atomic E-state index is 0.918. The standard InChI is InChI=1S/C14H29N2/c1-4-16(3)11-9-15(10-12-16)14-7-5-13(2)6-8-14/h13-14H,4-12H2,1-3H3/q+1. The first-order valence-corrected chi connectivity index (χ1v) is 7.20. The maximum Gasteiger partial charge on any atom is 0.0914 e. The van der Waals surface area contributed by atoms with Gasteiger partial charge in [0.2, 0.25) is 0 Å². The Labute approximate surface area is 101 Å². The first-order valence-electron chi connectivity index (χ1n) is 7.20. The second-order valence-electron chi connectivity index (χ2n) is 6.33. The summed E-state index contributed by atoms with van der Waals surface area (Å²) >= 11 is 0. The Bertz CT molecular complexity index is 211. The molecule has 1 heterocycles. The van der Waals surface area contributed by atoms with Crippen molar-refractivity contribution in [1.29, 1.82) is 0 Å². The van der Waals surface area contributed by atoms with Crippen LogP contribution in [0.3, 0.4) is 0 Å². The molecule has 94 valence electrons. The molecule has 0 amide bonds. The van der Waals surface area contributed by atoms with Crippen LogP contribution in [-0.2, 0) is 0 Å². The Morgan fingerprint density at radius 3 is 2.12 bits per heavy atom. The summed E-state index contributed by atoms with van der Waals surface area (Å²) in [6.45, 7) is 11.4. The van der Waals surface area contributed by atoms with Crippen LogP contribution in [0.5, 0.6) is 0 Å². The molecule has 2 rings (SSSR count). The van der Waals surface area contributed by atoms with Gasteiger partial charge in [-0.3, -0.25) is 4.90 Å². The molecule has 16 heavy (non-hydrogen) atoms. The van der Waals surface area contributed by atoms with Crippen molar-refractivity contribution in [2.45, 2.75) is 45.6 Å². The maximum absolute atomic E-state index is 2.78. The summed E-state index contributed by atoms with van der Waals surface area (Å²) in [6.07, 6.45) is 5.83. The highest BCUT2D eigenvalue weighted by Crippen LogP contribution is 2.28. The molecule has 2 nitrogen and oxygen atoms in total. The fraction of sp³-hybridized carbons (Fsp3) is 1.00. The van der Waals surface area contributed by atoms with E-state index in [1.54, 1.807) is 0 Å². The Morgan fingerprint density at radius 1 is 1.06 bits per heavy atom. The lowest BCUT2D eigenvalue weighted by atomic mass is 9.86. The van der Waals surface area contributed by atoms with Crippen molar-refractivity contribution in [3.8, 4) is 0 Å². The van der Waals surface area contributed by atoms with Crippen LogP contribution in [0.25, 0.3) is 0 Å². The second-order valence-corrected chi connectivity index (χ2v) is 6.33. The zero-order valence-electron chi connectivity index (χ0n) is 11.4. The van der Waals surface area contributed by atoms with E-state index in [1.165, 1.54) is 62.9 Å². The maximum atomic E-state index is 2.78. The number of piperazine rings is 1. The highest BCUT2D eigenvalue weighted by atomic mass is 15.4. The van der Waals surface area contributed by atoms with Gasteiger partial charge >= 0.3 is 0 Å². The van der Waals surface area contributed by atoms with Crippen LogP contribution in [0.1, 0.15) is 39.5 Å². The molecule has 0 spiro atoms. The molecular weight excluding hydrogens is 196 g/mol. The lowest BCUT2D eigenvalue weighted by molar-refractivity contribution is -0.912. The molecule has 2 heteroatoms. The summed E-state index contributed by atoms with van der Waals surface area (Å²) in [7, 11) is 2.42. The molecular formula is C14H29N2+. The van der Waals surface area contributed by atoms with E-state index >= 15 is 0 Å². The third kappa shape index (κ3) is 2.78. The number of rotatable bonds is 2. The molecule has 0 N–H and O–H groups in total. The molecule has 0 aromatic rings. The number of quaternary nitrogens is 1. The second kappa shape index (κ2) is 5.05. The molecule has 2 aliphatic rings. The molecule has 1 aliphatic carbocycles. The van der Waals surface area contributed by atoms with Crippen molar-refractivity contribution in [3.05, 3.63) is 0 Å². The average molecular weight is 225 g/mol.